The number of fused-ring (bicyclic) bond motifs is 1. The molecule has 1 aromatic carbocycles. The van der Waals surface area contributed by atoms with E-state index in [0.717, 1.165) is 28.7 Å². The highest BCUT2D eigenvalue weighted by atomic mass is 32.1. The van der Waals surface area contributed by atoms with E-state index in [-0.39, 0.29) is 0 Å². The summed E-state index contributed by atoms with van der Waals surface area (Å²) in [6, 6.07) is 8.25. The monoisotopic (exact) mass is 309 g/mol. The van der Waals surface area contributed by atoms with E-state index < -0.39 is 0 Å². The van der Waals surface area contributed by atoms with Crippen LogP contribution in [-0.2, 0) is 13.1 Å². The number of benzene rings is 1. The van der Waals surface area contributed by atoms with Crippen LogP contribution in [0.4, 0.5) is 0 Å². The largest absolute Gasteiger partial charge is 0.327 e. The van der Waals surface area contributed by atoms with Gasteiger partial charge in [0.25, 0.3) is 0 Å². The Bertz CT molecular complexity index is 904. The standard InChI is InChI=1S/C16H15N5S/c1-2-21-13-6-4-3-5-12(13)19-14(21)11-20-9-7-17-15(20)16-18-8-10-22-16/h3-10H,2,11H2,1H3. The Morgan fingerprint density at radius 3 is 2.86 bits per heavy atom. The Hall–Kier alpha value is -2.47. The fraction of sp³-hybridized carbons (Fsp3) is 0.188. The second-order valence-corrected chi connectivity index (χ2v) is 5.87. The van der Waals surface area contributed by atoms with E-state index in [4.69, 9.17) is 4.98 Å². The summed E-state index contributed by atoms with van der Waals surface area (Å²) in [4.78, 5) is 13.6. The third-order valence-corrected chi connectivity index (χ3v) is 4.47. The molecule has 0 saturated heterocycles. The number of thiazole rings is 1. The van der Waals surface area contributed by atoms with E-state index in [1.807, 2.05) is 23.8 Å². The van der Waals surface area contributed by atoms with Gasteiger partial charge in [0.2, 0.25) is 0 Å². The van der Waals surface area contributed by atoms with Gasteiger partial charge in [0, 0.05) is 30.5 Å². The number of aryl methyl sites for hydroxylation is 1. The summed E-state index contributed by atoms with van der Waals surface area (Å²) in [7, 11) is 0. The van der Waals surface area contributed by atoms with Crippen LogP contribution in [0.15, 0.2) is 48.2 Å². The minimum absolute atomic E-state index is 0.692. The quantitative estimate of drug-likeness (QED) is 0.580. The van der Waals surface area contributed by atoms with Crippen LogP contribution in [-0.4, -0.2) is 24.1 Å². The van der Waals surface area contributed by atoms with Gasteiger partial charge in [-0.3, -0.25) is 0 Å². The lowest BCUT2D eigenvalue weighted by Gasteiger charge is -2.08. The topological polar surface area (TPSA) is 48.5 Å². The van der Waals surface area contributed by atoms with Gasteiger partial charge in [-0.15, -0.1) is 11.3 Å². The number of nitrogens with zero attached hydrogens (tertiary/aromatic N) is 5. The summed E-state index contributed by atoms with van der Waals surface area (Å²) in [6.07, 6.45) is 5.60. The fourth-order valence-electron chi connectivity index (χ4n) is 2.72. The first-order chi connectivity index (χ1) is 10.9. The third kappa shape index (κ3) is 2.12. The summed E-state index contributed by atoms with van der Waals surface area (Å²) in [5.41, 5.74) is 2.21. The Morgan fingerprint density at radius 1 is 1.14 bits per heavy atom. The van der Waals surface area contributed by atoms with Crippen molar-refractivity contribution in [1.29, 1.82) is 0 Å². The molecule has 6 heteroatoms. The van der Waals surface area contributed by atoms with Crippen LogP contribution in [0.3, 0.4) is 0 Å². The van der Waals surface area contributed by atoms with Gasteiger partial charge in [0.15, 0.2) is 10.8 Å². The van der Waals surface area contributed by atoms with Crippen molar-refractivity contribution in [3.05, 3.63) is 54.1 Å². The highest BCUT2D eigenvalue weighted by molar-refractivity contribution is 7.13. The Balaban J connectivity index is 1.77. The molecule has 0 amide bonds. The maximum Gasteiger partial charge on any atom is 0.169 e. The minimum atomic E-state index is 0.692. The molecule has 0 fully saturated rings. The summed E-state index contributed by atoms with van der Waals surface area (Å²) in [6.45, 7) is 3.74. The van der Waals surface area contributed by atoms with Gasteiger partial charge in [-0.25, -0.2) is 15.0 Å². The number of imidazole rings is 2. The Labute approximate surface area is 131 Å². The first-order valence-corrected chi connectivity index (χ1v) is 8.10. The molecule has 3 heterocycles. The van der Waals surface area contributed by atoms with Crippen molar-refractivity contribution < 1.29 is 0 Å². The zero-order chi connectivity index (χ0) is 14.9. The van der Waals surface area contributed by atoms with Crippen molar-refractivity contribution in [3.8, 4) is 10.8 Å². The lowest BCUT2D eigenvalue weighted by molar-refractivity contribution is 0.667. The Kier molecular flexibility index (Phi) is 3.23. The van der Waals surface area contributed by atoms with Crippen LogP contribution in [0.25, 0.3) is 21.9 Å². The zero-order valence-corrected chi connectivity index (χ0v) is 13.0. The molecule has 0 radical (unpaired) electrons. The molecule has 0 N–H and O–H groups in total. The molecule has 5 nitrogen and oxygen atoms in total. The molecule has 0 unspecified atom stereocenters. The molecule has 0 bridgehead atoms. The lowest BCUT2D eigenvalue weighted by atomic mass is 10.3. The number of hydrogen-bond donors (Lipinski definition) is 0. The van der Waals surface area contributed by atoms with Crippen LogP contribution in [0.5, 0.6) is 0 Å². The molecule has 0 saturated carbocycles. The van der Waals surface area contributed by atoms with E-state index >= 15 is 0 Å². The van der Waals surface area contributed by atoms with E-state index in [9.17, 15) is 0 Å². The zero-order valence-electron chi connectivity index (χ0n) is 12.2. The van der Waals surface area contributed by atoms with Crippen molar-refractivity contribution in [2.75, 3.05) is 0 Å². The number of para-hydroxylation sites is 2. The van der Waals surface area contributed by atoms with Crippen LogP contribution < -0.4 is 0 Å². The van der Waals surface area contributed by atoms with Crippen molar-refractivity contribution in [1.82, 2.24) is 24.1 Å². The van der Waals surface area contributed by atoms with Crippen molar-refractivity contribution >= 4 is 22.4 Å². The van der Waals surface area contributed by atoms with Gasteiger partial charge in [-0.1, -0.05) is 12.1 Å². The average molecular weight is 309 g/mol. The Morgan fingerprint density at radius 2 is 2.05 bits per heavy atom. The molecular formula is C16H15N5S. The first-order valence-electron chi connectivity index (χ1n) is 7.22. The first kappa shape index (κ1) is 13.2. The van der Waals surface area contributed by atoms with Gasteiger partial charge in [-0.2, -0.15) is 0 Å². The van der Waals surface area contributed by atoms with E-state index in [0.29, 0.717) is 6.54 Å². The van der Waals surface area contributed by atoms with E-state index in [1.165, 1.54) is 5.52 Å². The van der Waals surface area contributed by atoms with Crippen molar-refractivity contribution in [2.45, 2.75) is 20.0 Å². The molecule has 0 aliphatic carbocycles. The van der Waals surface area contributed by atoms with Crippen LogP contribution in [0, 0.1) is 0 Å². The van der Waals surface area contributed by atoms with Gasteiger partial charge in [0.05, 0.1) is 17.6 Å². The molecular weight excluding hydrogens is 294 g/mol. The minimum Gasteiger partial charge on any atom is -0.327 e. The van der Waals surface area contributed by atoms with Crippen LogP contribution in [0.2, 0.25) is 0 Å². The molecule has 22 heavy (non-hydrogen) atoms. The molecule has 4 rings (SSSR count). The van der Waals surface area contributed by atoms with Gasteiger partial charge >= 0.3 is 0 Å². The molecule has 0 aliphatic rings. The SMILES string of the molecule is CCn1c(Cn2ccnc2-c2nccs2)nc2ccccc21. The summed E-state index contributed by atoms with van der Waals surface area (Å²) < 4.78 is 4.35. The maximum atomic E-state index is 4.78. The van der Waals surface area contributed by atoms with Crippen LogP contribution >= 0.6 is 11.3 Å². The number of aromatic nitrogens is 5. The predicted octanol–water partition coefficient (Wildman–Crippen LogP) is 3.42. The maximum absolute atomic E-state index is 4.78. The molecule has 4 aromatic rings. The average Bonchev–Trinajstić information content (AvgIpc) is 3.26. The van der Waals surface area contributed by atoms with E-state index in [2.05, 4.69) is 44.2 Å². The summed E-state index contributed by atoms with van der Waals surface area (Å²) in [5, 5.41) is 2.90. The second kappa shape index (κ2) is 5.38. The number of rotatable bonds is 4. The van der Waals surface area contributed by atoms with Crippen LogP contribution in [0.1, 0.15) is 12.7 Å². The normalized spacial score (nSPS) is 11.3. The molecule has 0 aliphatic heterocycles. The highest BCUT2D eigenvalue weighted by Crippen LogP contribution is 2.22. The smallest absolute Gasteiger partial charge is 0.169 e. The predicted molar refractivity (Wildman–Crippen MR) is 87.8 cm³/mol. The molecule has 110 valence electrons. The summed E-state index contributed by atoms with van der Waals surface area (Å²) >= 11 is 1.60. The number of hydrogen-bond acceptors (Lipinski definition) is 4. The molecule has 0 spiro atoms. The third-order valence-electron chi connectivity index (χ3n) is 3.70. The summed E-state index contributed by atoms with van der Waals surface area (Å²) in [5.74, 6) is 1.93. The van der Waals surface area contributed by atoms with Gasteiger partial charge in [0.1, 0.15) is 5.82 Å². The van der Waals surface area contributed by atoms with Crippen molar-refractivity contribution in [3.63, 3.8) is 0 Å². The highest BCUT2D eigenvalue weighted by Gasteiger charge is 2.13. The van der Waals surface area contributed by atoms with Crippen molar-refractivity contribution in [2.24, 2.45) is 0 Å². The second-order valence-electron chi connectivity index (χ2n) is 4.98. The van der Waals surface area contributed by atoms with Gasteiger partial charge < -0.3 is 9.13 Å². The van der Waals surface area contributed by atoms with Gasteiger partial charge in [-0.05, 0) is 19.1 Å². The molecule has 3 aromatic heterocycles. The van der Waals surface area contributed by atoms with E-state index in [1.54, 1.807) is 17.5 Å². The molecule has 0 atom stereocenters. The fourth-order valence-corrected chi connectivity index (χ4v) is 3.37. The lowest BCUT2D eigenvalue weighted by Crippen LogP contribution is -2.08.